The molecule has 2 aliphatic heterocycles. The molecule has 9 heteroatoms. The fraction of sp³-hybridized carbons (Fsp3) is 0.700. The topological polar surface area (TPSA) is 85.1 Å². The Kier molecular flexibility index (Phi) is 9.65. The minimum Gasteiger partial charge on any atom is -0.494 e. The van der Waals surface area contributed by atoms with E-state index in [1.807, 2.05) is 6.92 Å². The lowest BCUT2D eigenvalue weighted by atomic mass is 9.99. The van der Waals surface area contributed by atoms with E-state index >= 15 is 0 Å². The van der Waals surface area contributed by atoms with Crippen molar-refractivity contribution in [2.45, 2.75) is 49.6 Å². The van der Waals surface area contributed by atoms with Crippen molar-refractivity contribution in [3.63, 3.8) is 0 Å². The van der Waals surface area contributed by atoms with Crippen LogP contribution in [0.3, 0.4) is 0 Å². The van der Waals surface area contributed by atoms with E-state index in [2.05, 4.69) is 4.90 Å². The average molecular weight is 448 g/mol. The second-order valence-electron chi connectivity index (χ2n) is 7.41. The number of rotatable bonds is 8. The number of benzene rings is 1. The summed E-state index contributed by atoms with van der Waals surface area (Å²) in [6.45, 7) is 6.65. The Morgan fingerprint density at radius 1 is 1.10 bits per heavy atom. The summed E-state index contributed by atoms with van der Waals surface area (Å²) in [6.07, 6.45) is 3.75. The minimum atomic E-state index is -3.47. The molecule has 0 aromatic heterocycles. The molecule has 0 bridgehead atoms. The van der Waals surface area contributed by atoms with Gasteiger partial charge >= 0.3 is 0 Å². The Morgan fingerprint density at radius 3 is 2.24 bits per heavy atom. The van der Waals surface area contributed by atoms with E-state index in [0.29, 0.717) is 49.0 Å². The fourth-order valence-corrected chi connectivity index (χ4v) is 5.74. The first kappa shape index (κ1) is 24.4. The highest BCUT2D eigenvalue weighted by Gasteiger charge is 2.34. The van der Waals surface area contributed by atoms with Crippen LogP contribution in [0.1, 0.15) is 32.6 Å². The quantitative estimate of drug-likeness (QED) is 0.656. The molecule has 2 saturated heterocycles. The Hall–Kier alpha value is -0.900. The van der Waals surface area contributed by atoms with Crippen LogP contribution in [-0.2, 0) is 14.8 Å². The second-order valence-corrected chi connectivity index (χ2v) is 9.35. The summed E-state index contributed by atoms with van der Waals surface area (Å²) < 4.78 is 38.5. The van der Waals surface area contributed by atoms with Gasteiger partial charge in [0.2, 0.25) is 10.0 Å². The zero-order valence-electron chi connectivity index (χ0n) is 17.2. The highest BCUT2D eigenvalue weighted by molar-refractivity contribution is 7.89. The van der Waals surface area contributed by atoms with E-state index in [1.165, 1.54) is 0 Å². The number of sulfonamides is 1. The number of hydrogen-bond acceptors (Lipinski definition) is 6. The van der Waals surface area contributed by atoms with Crippen LogP contribution in [0.25, 0.3) is 0 Å². The van der Waals surface area contributed by atoms with Crippen LogP contribution in [-0.4, -0.2) is 75.7 Å². The highest BCUT2D eigenvalue weighted by atomic mass is 35.5. The molecule has 2 aliphatic rings. The van der Waals surface area contributed by atoms with Gasteiger partial charge in [0.25, 0.3) is 0 Å². The Morgan fingerprint density at radius 2 is 1.69 bits per heavy atom. The van der Waals surface area contributed by atoms with Crippen LogP contribution in [0, 0.1) is 0 Å². The summed E-state index contributed by atoms with van der Waals surface area (Å²) in [4.78, 5) is 2.83. The van der Waals surface area contributed by atoms with Crippen LogP contribution in [0.4, 0.5) is 0 Å². The van der Waals surface area contributed by atoms with Gasteiger partial charge in [-0.05, 0) is 56.9 Å². The zero-order chi connectivity index (χ0) is 20.0. The predicted molar refractivity (Wildman–Crippen MR) is 116 cm³/mol. The third kappa shape index (κ3) is 6.06. The smallest absolute Gasteiger partial charge is 0.243 e. The molecule has 3 rings (SSSR count). The number of nitrogens with two attached hydrogens (primary N) is 1. The van der Waals surface area contributed by atoms with Crippen molar-refractivity contribution >= 4 is 22.4 Å². The Bertz CT molecular complexity index is 703. The fourth-order valence-electron chi connectivity index (χ4n) is 4.27. The zero-order valence-corrected chi connectivity index (χ0v) is 18.8. The lowest BCUT2D eigenvalue weighted by molar-refractivity contribution is 0.00838. The van der Waals surface area contributed by atoms with E-state index in [-0.39, 0.29) is 12.4 Å². The maximum absolute atomic E-state index is 13.0. The molecule has 0 aliphatic carbocycles. The molecule has 7 nitrogen and oxygen atoms in total. The Balaban J connectivity index is 0.00000300. The maximum atomic E-state index is 13.0. The largest absolute Gasteiger partial charge is 0.494 e. The van der Waals surface area contributed by atoms with Crippen LogP contribution < -0.4 is 10.5 Å². The SMILES string of the molecule is CCOc1ccc(S(=O)(=O)N2CCC(N(CCN)C3CCOCC3)CC2)cc1.Cl. The molecule has 0 saturated carbocycles. The first-order chi connectivity index (χ1) is 13.6. The monoisotopic (exact) mass is 447 g/mol. The van der Waals surface area contributed by atoms with Gasteiger partial charge in [0.1, 0.15) is 5.75 Å². The van der Waals surface area contributed by atoms with Crippen molar-refractivity contribution in [2.75, 3.05) is 46.0 Å². The third-order valence-electron chi connectivity index (χ3n) is 5.71. The van der Waals surface area contributed by atoms with E-state index < -0.39 is 10.0 Å². The molecule has 0 radical (unpaired) electrons. The lowest BCUT2D eigenvalue weighted by Crippen LogP contribution is -2.52. The summed E-state index contributed by atoms with van der Waals surface area (Å²) >= 11 is 0. The van der Waals surface area contributed by atoms with E-state index in [1.54, 1.807) is 28.6 Å². The first-order valence-electron chi connectivity index (χ1n) is 10.3. The standard InChI is InChI=1S/C20H33N3O4S.ClH/c1-2-27-19-3-5-20(6-4-19)28(24,25)22-12-7-17(8-13-22)23(14-11-21)18-9-15-26-16-10-18;/h3-6,17-18H,2,7-16,21H2,1H3;1H. The van der Waals surface area contributed by atoms with Crippen molar-refractivity contribution in [3.8, 4) is 5.75 Å². The molecule has 166 valence electrons. The van der Waals surface area contributed by atoms with Gasteiger partial charge in [-0.25, -0.2) is 8.42 Å². The molecule has 2 fully saturated rings. The van der Waals surface area contributed by atoms with Crippen molar-refractivity contribution in [2.24, 2.45) is 5.73 Å². The predicted octanol–water partition coefficient (Wildman–Crippen LogP) is 2.10. The lowest BCUT2D eigenvalue weighted by Gasteiger charge is -2.43. The van der Waals surface area contributed by atoms with Gasteiger partial charge in [-0.3, -0.25) is 4.90 Å². The summed E-state index contributed by atoms with van der Waals surface area (Å²) in [6, 6.07) is 7.59. The number of piperidine rings is 1. The van der Waals surface area contributed by atoms with Gasteiger partial charge in [-0.2, -0.15) is 4.31 Å². The van der Waals surface area contributed by atoms with Gasteiger partial charge in [0.05, 0.1) is 11.5 Å². The minimum absolute atomic E-state index is 0. The number of halogens is 1. The summed E-state index contributed by atoms with van der Waals surface area (Å²) in [7, 11) is -3.47. The summed E-state index contributed by atoms with van der Waals surface area (Å²) in [5, 5.41) is 0. The van der Waals surface area contributed by atoms with Gasteiger partial charge in [0, 0.05) is 51.5 Å². The van der Waals surface area contributed by atoms with Crippen LogP contribution in [0.2, 0.25) is 0 Å². The highest BCUT2D eigenvalue weighted by Crippen LogP contribution is 2.27. The Labute approximate surface area is 181 Å². The van der Waals surface area contributed by atoms with E-state index in [9.17, 15) is 8.42 Å². The molecular formula is C20H34ClN3O4S. The van der Waals surface area contributed by atoms with Crippen LogP contribution in [0.15, 0.2) is 29.2 Å². The average Bonchev–Trinajstić information content (AvgIpc) is 2.73. The van der Waals surface area contributed by atoms with Gasteiger partial charge in [-0.1, -0.05) is 0 Å². The normalized spacial score (nSPS) is 19.8. The molecule has 2 N–H and O–H groups in total. The van der Waals surface area contributed by atoms with Crippen LogP contribution >= 0.6 is 12.4 Å². The summed E-state index contributed by atoms with van der Waals surface area (Å²) in [5.74, 6) is 0.689. The molecule has 1 aromatic carbocycles. The maximum Gasteiger partial charge on any atom is 0.243 e. The molecular weight excluding hydrogens is 414 g/mol. The van der Waals surface area contributed by atoms with E-state index in [0.717, 1.165) is 45.4 Å². The third-order valence-corrected chi connectivity index (χ3v) is 7.62. The number of hydrogen-bond donors (Lipinski definition) is 1. The van der Waals surface area contributed by atoms with Crippen LogP contribution in [0.5, 0.6) is 5.75 Å². The number of ether oxygens (including phenoxy) is 2. The van der Waals surface area contributed by atoms with Crippen molar-refractivity contribution < 1.29 is 17.9 Å². The molecule has 0 unspecified atom stereocenters. The van der Waals surface area contributed by atoms with Gasteiger partial charge in [0.15, 0.2) is 0 Å². The van der Waals surface area contributed by atoms with Crippen molar-refractivity contribution in [1.82, 2.24) is 9.21 Å². The molecule has 0 atom stereocenters. The first-order valence-corrected chi connectivity index (χ1v) is 11.8. The summed E-state index contributed by atoms with van der Waals surface area (Å²) in [5.41, 5.74) is 5.86. The van der Waals surface area contributed by atoms with Gasteiger partial charge < -0.3 is 15.2 Å². The second kappa shape index (κ2) is 11.5. The van der Waals surface area contributed by atoms with E-state index in [4.69, 9.17) is 15.2 Å². The molecule has 2 heterocycles. The van der Waals surface area contributed by atoms with Gasteiger partial charge in [-0.15, -0.1) is 12.4 Å². The number of nitrogens with zero attached hydrogens (tertiary/aromatic N) is 2. The molecule has 0 amide bonds. The van der Waals surface area contributed by atoms with Crippen molar-refractivity contribution in [3.05, 3.63) is 24.3 Å². The van der Waals surface area contributed by atoms with Crippen molar-refractivity contribution in [1.29, 1.82) is 0 Å². The molecule has 0 spiro atoms. The molecule has 1 aromatic rings. The molecule has 29 heavy (non-hydrogen) atoms.